The van der Waals surface area contributed by atoms with Crippen LogP contribution >= 0.6 is 0 Å². The number of nitrogens with one attached hydrogen (secondary N) is 1. The number of aromatic nitrogens is 3. The van der Waals surface area contributed by atoms with Crippen molar-refractivity contribution in [2.24, 2.45) is 0 Å². The molecule has 0 atom stereocenters. The minimum Gasteiger partial charge on any atom is -0.325 e. The molecule has 2 aromatic heterocycles. The van der Waals surface area contributed by atoms with Gasteiger partial charge in [-0.05, 0) is 32.9 Å². The molecule has 0 aliphatic rings. The van der Waals surface area contributed by atoms with Gasteiger partial charge in [-0.15, -0.1) is 0 Å². The third kappa shape index (κ3) is 3.32. The molecule has 0 aromatic carbocycles. The minimum atomic E-state index is 0.431. The van der Waals surface area contributed by atoms with Gasteiger partial charge in [0.1, 0.15) is 11.3 Å². The zero-order valence-electron chi connectivity index (χ0n) is 12.3. The predicted octanol–water partition coefficient (Wildman–Crippen LogP) is 2.94. The fourth-order valence-electron chi connectivity index (χ4n) is 2.39. The van der Waals surface area contributed by atoms with E-state index in [-0.39, 0.29) is 0 Å². The molecule has 4 heteroatoms. The maximum Gasteiger partial charge on any atom is 0.110 e. The summed E-state index contributed by atoms with van der Waals surface area (Å²) in [6.07, 6.45) is 5.81. The number of hydrogen-bond acceptors (Lipinski definition) is 3. The first-order valence-corrected chi connectivity index (χ1v) is 7.13. The number of hydrogen-bond donors (Lipinski definition) is 1. The SMILES string of the molecule is CC(C)NCCCc1nc2cnccc2n1C(C)C. The summed E-state index contributed by atoms with van der Waals surface area (Å²) in [6, 6.07) is 3.03. The number of imidazole rings is 1. The lowest BCUT2D eigenvalue weighted by Gasteiger charge is -2.13. The van der Waals surface area contributed by atoms with E-state index >= 15 is 0 Å². The van der Waals surface area contributed by atoms with E-state index in [1.54, 1.807) is 0 Å². The van der Waals surface area contributed by atoms with Gasteiger partial charge in [-0.25, -0.2) is 4.98 Å². The van der Waals surface area contributed by atoms with Crippen molar-refractivity contribution in [3.63, 3.8) is 0 Å². The molecule has 2 aromatic rings. The van der Waals surface area contributed by atoms with Crippen molar-refractivity contribution < 1.29 is 0 Å². The van der Waals surface area contributed by atoms with Crippen molar-refractivity contribution in [2.75, 3.05) is 6.54 Å². The molecule has 0 unspecified atom stereocenters. The Labute approximate surface area is 115 Å². The van der Waals surface area contributed by atoms with E-state index in [0.29, 0.717) is 12.1 Å². The van der Waals surface area contributed by atoms with Gasteiger partial charge in [0.25, 0.3) is 0 Å². The summed E-state index contributed by atoms with van der Waals surface area (Å²) in [4.78, 5) is 8.88. The molecule has 0 aliphatic heterocycles. The van der Waals surface area contributed by atoms with Gasteiger partial charge in [-0.2, -0.15) is 0 Å². The molecule has 2 heterocycles. The van der Waals surface area contributed by atoms with Crippen LogP contribution in [-0.4, -0.2) is 27.1 Å². The Morgan fingerprint density at radius 1 is 1.26 bits per heavy atom. The van der Waals surface area contributed by atoms with Crippen LogP contribution < -0.4 is 5.32 Å². The maximum atomic E-state index is 4.72. The number of pyridine rings is 1. The second kappa shape index (κ2) is 6.15. The monoisotopic (exact) mass is 260 g/mol. The van der Waals surface area contributed by atoms with Crippen LogP contribution in [0.25, 0.3) is 11.0 Å². The lowest BCUT2D eigenvalue weighted by atomic mass is 10.2. The summed E-state index contributed by atoms with van der Waals surface area (Å²) < 4.78 is 2.33. The molecule has 0 bridgehead atoms. The quantitative estimate of drug-likeness (QED) is 0.812. The average Bonchev–Trinajstić information content (AvgIpc) is 2.72. The van der Waals surface area contributed by atoms with Crippen molar-refractivity contribution in [2.45, 2.75) is 52.6 Å². The summed E-state index contributed by atoms with van der Waals surface area (Å²) >= 11 is 0. The number of fused-ring (bicyclic) bond motifs is 1. The van der Waals surface area contributed by atoms with Crippen LogP contribution in [0.5, 0.6) is 0 Å². The van der Waals surface area contributed by atoms with Crippen molar-refractivity contribution in [3.05, 3.63) is 24.3 Å². The largest absolute Gasteiger partial charge is 0.325 e. The predicted molar refractivity (Wildman–Crippen MR) is 79.4 cm³/mol. The summed E-state index contributed by atoms with van der Waals surface area (Å²) in [6.45, 7) is 9.80. The van der Waals surface area contributed by atoms with E-state index in [9.17, 15) is 0 Å². The van der Waals surface area contributed by atoms with Crippen LogP contribution in [0.4, 0.5) is 0 Å². The standard InChI is InChI=1S/C15H24N4/c1-11(2)17-8-5-6-15-18-13-10-16-9-7-14(13)19(15)12(3)4/h7,9-12,17H,5-6,8H2,1-4H3. The average molecular weight is 260 g/mol. The van der Waals surface area contributed by atoms with Crippen LogP contribution in [0, 0.1) is 0 Å². The van der Waals surface area contributed by atoms with Crippen molar-refractivity contribution in [3.8, 4) is 0 Å². The van der Waals surface area contributed by atoms with Crippen LogP contribution in [0.3, 0.4) is 0 Å². The lowest BCUT2D eigenvalue weighted by molar-refractivity contribution is 0.541. The molecule has 0 spiro atoms. The lowest BCUT2D eigenvalue weighted by Crippen LogP contribution is -2.24. The maximum absolute atomic E-state index is 4.72. The first-order valence-electron chi connectivity index (χ1n) is 7.13. The highest BCUT2D eigenvalue weighted by atomic mass is 15.1. The summed E-state index contributed by atoms with van der Waals surface area (Å²) in [5.41, 5.74) is 2.19. The fourth-order valence-corrected chi connectivity index (χ4v) is 2.39. The molecular formula is C15H24N4. The van der Waals surface area contributed by atoms with Crippen LogP contribution in [0.15, 0.2) is 18.5 Å². The number of aryl methyl sites for hydroxylation is 1. The van der Waals surface area contributed by atoms with E-state index < -0.39 is 0 Å². The smallest absolute Gasteiger partial charge is 0.110 e. The van der Waals surface area contributed by atoms with Crippen LogP contribution in [0.1, 0.15) is 46.0 Å². The molecule has 19 heavy (non-hydrogen) atoms. The van der Waals surface area contributed by atoms with Gasteiger partial charge in [-0.3, -0.25) is 4.98 Å². The molecule has 104 valence electrons. The van der Waals surface area contributed by atoms with Gasteiger partial charge in [0, 0.05) is 24.7 Å². The van der Waals surface area contributed by atoms with E-state index in [4.69, 9.17) is 4.98 Å². The highest BCUT2D eigenvalue weighted by molar-refractivity contribution is 5.74. The second-order valence-corrected chi connectivity index (χ2v) is 5.57. The van der Waals surface area contributed by atoms with Gasteiger partial charge < -0.3 is 9.88 Å². The van der Waals surface area contributed by atoms with E-state index in [1.165, 1.54) is 11.3 Å². The molecule has 0 saturated carbocycles. The Kier molecular flexibility index (Phi) is 4.53. The van der Waals surface area contributed by atoms with Crippen molar-refractivity contribution >= 4 is 11.0 Å². The summed E-state index contributed by atoms with van der Waals surface area (Å²) in [5.74, 6) is 1.17. The zero-order valence-corrected chi connectivity index (χ0v) is 12.3. The Balaban J connectivity index is 2.15. The van der Waals surface area contributed by atoms with E-state index in [1.807, 2.05) is 12.4 Å². The number of rotatable bonds is 6. The molecule has 0 fully saturated rings. The molecule has 0 amide bonds. The second-order valence-electron chi connectivity index (χ2n) is 5.57. The molecule has 2 rings (SSSR count). The molecule has 0 saturated heterocycles. The fraction of sp³-hybridized carbons (Fsp3) is 0.600. The van der Waals surface area contributed by atoms with Gasteiger partial charge in [-0.1, -0.05) is 13.8 Å². The highest BCUT2D eigenvalue weighted by Crippen LogP contribution is 2.20. The van der Waals surface area contributed by atoms with E-state index in [2.05, 4.69) is 48.6 Å². The number of nitrogens with zero attached hydrogens (tertiary/aromatic N) is 3. The Hall–Kier alpha value is -1.42. The van der Waals surface area contributed by atoms with Crippen molar-refractivity contribution in [1.82, 2.24) is 19.9 Å². The van der Waals surface area contributed by atoms with Crippen LogP contribution in [0.2, 0.25) is 0 Å². The highest BCUT2D eigenvalue weighted by Gasteiger charge is 2.12. The molecule has 1 N–H and O–H groups in total. The van der Waals surface area contributed by atoms with E-state index in [0.717, 1.165) is 24.9 Å². The molecular weight excluding hydrogens is 236 g/mol. The Bertz CT molecular complexity index is 528. The van der Waals surface area contributed by atoms with Gasteiger partial charge in [0.2, 0.25) is 0 Å². The summed E-state index contributed by atoms with van der Waals surface area (Å²) in [5, 5.41) is 3.45. The molecule has 0 aliphatic carbocycles. The van der Waals surface area contributed by atoms with Gasteiger partial charge in [0.15, 0.2) is 0 Å². The molecule has 0 radical (unpaired) electrons. The topological polar surface area (TPSA) is 42.7 Å². The van der Waals surface area contributed by atoms with Crippen molar-refractivity contribution in [1.29, 1.82) is 0 Å². The van der Waals surface area contributed by atoms with Gasteiger partial charge in [0.05, 0.1) is 11.7 Å². The third-order valence-electron chi connectivity index (χ3n) is 3.21. The zero-order chi connectivity index (χ0) is 13.8. The normalized spacial score (nSPS) is 11.9. The third-order valence-corrected chi connectivity index (χ3v) is 3.21. The first-order chi connectivity index (χ1) is 9.09. The first kappa shape index (κ1) is 14.0. The van der Waals surface area contributed by atoms with Gasteiger partial charge >= 0.3 is 0 Å². The van der Waals surface area contributed by atoms with Crippen LogP contribution in [-0.2, 0) is 6.42 Å². The Morgan fingerprint density at radius 3 is 2.74 bits per heavy atom. The Morgan fingerprint density at radius 2 is 2.05 bits per heavy atom. The molecule has 4 nitrogen and oxygen atoms in total. The summed E-state index contributed by atoms with van der Waals surface area (Å²) in [7, 11) is 0. The minimum absolute atomic E-state index is 0.431.